The standard InChI is InChI=1S/C19H22N4O3/c20-16(12-22-19(25)17-2-1-11-26-17)13-3-5-14(6-4-13)18(24)23-15-7-9-21-10-8-15/h3-10,16-17H,1-2,11-12,20H2,(H,22,25)(H,21,23,24). The third-order valence-electron chi connectivity index (χ3n) is 4.26. The fraction of sp³-hybridized carbons (Fsp3) is 0.316. The Morgan fingerprint density at radius 1 is 1.19 bits per heavy atom. The minimum atomic E-state index is -0.360. The summed E-state index contributed by atoms with van der Waals surface area (Å²) in [5.74, 6) is -0.325. The molecule has 1 aliphatic heterocycles. The van der Waals surface area contributed by atoms with E-state index in [0.717, 1.165) is 18.4 Å². The lowest BCUT2D eigenvalue weighted by Crippen LogP contribution is -2.38. The zero-order chi connectivity index (χ0) is 18.4. The molecule has 0 saturated carbocycles. The van der Waals surface area contributed by atoms with Gasteiger partial charge in [0.1, 0.15) is 6.10 Å². The number of carbonyl (C=O) groups excluding carboxylic acids is 2. The average molecular weight is 354 g/mol. The number of nitrogens with two attached hydrogens (primary N) is 1. The SMILES string of the molecule is NC(CNC(=O)C1CCCO1)c1ccc(C(=O)Nc2ccncc2)cc1. The van der Waals surface area contributed by atoms with Gasteiger partial charge in [0.05, 0.1) is 0 Å². The summed E-state index contributed by atoms with van der Waals surface area (Å²) in [6.45, 7) is 0.953. The molecule has 136 valence electrons. The van der Waals surface area contributed by atoms with Gasteiger partial charge in [0.25, 0.3) is 5.91 Å². The molecule has 1 aromatic carbocycles. The van der Waals surface area contributed by atoms with Gasteiger partial charge < -0.3 is 21.1 Å². The van der Waals surface area contributed by atoms with Gasteiger partial charge >= 0.3 is 0 Å². The Morgan fingerprint density at radius 3 is 2.58 bits per heavy atom. The summed E-state index contributed by atoms with van der Waals surface area (Å²) in [7, 11) is 0. The van der Waals surface area contributed by atoms with Crippen molar-refractivity contribution < 1.29 is 14.3 Å². The molecule has 2 heterocycles. The molecule has 4 N–H and O–H groups in total. The lowest BCUT2D eigenvalue weighted by atomic mass is 10.0. The van der Waals surface area contributed by atoms with Gasteiger partial charge in [-0.05, 0) is 42.7 Å². The Balaban J connectivity index is 1.53. The van der Waals surface area contributed by atoms with Gasteiger partial charge in [0.2, 0.25) is 5.91 Å². The first kappa shape index (κ1) is 18.0. The second-order valence-electron chi connectivity index (χ2n) is 6.17. The molecule has 7 heteroatoms. The monoisotopic (exact) mass is 354 g/mol. The fourth-order valence-corrected chi connectivity index (χ4v) is 2.75. The van der Waals surface area contributed by atoms with Gasteiger partial charge in [0, 0.05) is 42.8 Å². The van der Waals surface area contributed by atoms with Crippen LogP contribution in [0.15, 0.2) is 48.8 Å². The van der Waals surface area contributed by atoms with Crippen molar-refractivity contribution in [2.24, 2.45) is 5.73 Å². The Morgan fingerprint density at radius 2 is 1.92 bits per heavy atom. The minimum absolute atomic E-state index is 0.119. The van der Waals surface area contributed by atoms with E-state index in [1.165, 1.54) is 0 Å². The largest absolute Gasteiger partial charge is 0.368 e. The fourth-order valence-electron chi connectivity index (χ4n) is 2.75. The molecule has 1 fully saturated rings. The van der Waals surface area contributed by atoms with Crippen LogP contribution in [-0.2, 0) is 9.53 Å². The highest BCUT2D eigenvalue weighted by atomic mass is 16.5. The van der Waals surface area contributed by atoms with E-state index in [-0.39, 0.29) is 24.0 Å². The molecule has 26 heavy (non-hydrogen) atoms. The van der Waals surface area contributed by atoms with E-state index in [1.807, 2.05) is 0 Å². The number of nitrogens with one attached hydrogen (secondary N) is 2. The summed E-state index contributed by atoms with van der Waals surface area (Å²) in [6, 6.07) is 10.1. The summed E-state index contributed by atoms with van der Waals surface area (Å²) >= 11 is 0. The number of hydrogen-bond acceptors (Lipinski definition) is 5. The van der Waals surface area contributed by atoms with Crippen LogP contribution >= 0.6 is 0 Å². The lowest BCUT2D eigenvalue weighted by Gasteiger charge is -2.16. The molecule has 0 radical (unpaired) electrons. The molecule has 2 amide bonds. The molecule has 0 spiro atoms. The van der Waals surface area contributed by atoms with Crippen molar-refractivity contribution in [1.29, 1.82) is 0 Å². The van der Waals surface area contributed by atoms with E-state index in [9.17, 15) is 9.59 Å². The van der Waals surface area contributed by atoms with E-state index in [0.29, 0.717) is 24.4 Å². The van der Waals surface area contributed by atoms with Crippen LogP contribution in [0.3, 0.4) is 0 Å². The molecule has 2 unspecified atom stereocenters. The van der Waals surface area contributed by atoms with Gasteiger partial charge in [-0.25, -0.2) is 0 Å². The number of carbonyl (C=O) groups is 2. The molecule has 1 aromatic heterocycles. The van der Waals surface area contributed by atoms with Crippen LogP contribution in [0.2, 0.25) is 0 Å². The topological polar surface area (TPSA) is 106 Å². The predicted octanol–water partition coefficient (Wildman–Crippen LogP) is 1.63. The third-order valence-corrected chi connectivity index (χ3v) is 4.26. The highest BCUT2D eigenvalue weighted by molar-refractivity contribution is 6.04. The highest BCUT2D eigenvalue weighted by Gasteiger charge is 2.23. The maximum absolute atomic E-state index is 12.2. The maximum Gasteiger partial charge on any atom is 0.255 e. The van der Waals surface area contributed by atoms with E-state index < -0.39 is 0 Å². The van der Waals surface area contributed by atoms with Crippen molar-refractivity contribution in [1.82, 2.24) is 10.3 Å². The van der Waals surface area contributed by atoms with Crippen molar-refractivity contribution in [2.75, 3.05) is 18.5 Å². The second kappa shape index (κ2) is 8.55. The van der Waals surface area contributed by atoms with Crippen molar-refractivity contribution in [3.05, 3.63) is 59.9 Å². The van der Waals surface area contributed by atoms with Gasteiger partial charge in [-0.15, -0.1) is 0 Å². The van der Waals surface area contributed by atoms with Crippen molar-refractivity contribution in [3.8, 4) is 0 Å². The molecule has 1 saturated heterocycles. The van der Waals surface area contributed by atoms with E-state index in [4.69, 9.17) is 10.5 Å². The van der Waals surface area contributed by atoms with E-state index in [2.05, 4.69) is 15.6 Å². The molecule has 3 rings (SSSR count). The molecule has 0 aliphatic carbocycles. The lowest BCUT2D eigenvalue weighted by molar-refractivity contribution is -0.130. The van der Waals surface area contributed by atoms with Gasteiger partial charge in [-0.2, -0.15) is 0 Å². The summed E-state index contributed by atoms with van der Waals surface area (Å²) < 4.78 is 5.34. The second-order valence-corrected chi connectivity index (χ2v) is 6.17. The van der Waals surface area contributed by atoms with Crippen LogP contribution in [0.25, 0.3) is 0 Å². The smallest absolute Gasteiger partial charge is 0.255 e. The number of amides is 2. The van der Waals surface area contributed by atoms with Crippen molar-refractivity contribution in [3.63, 3.8) is 0 Å². The average Bonchev–Trinajstić information content (AvgIpc) is 3.21. The molecule has 1 aliphatic rings. The van der Waals surface area contributed by atoms with Crippen LogP contribution in [0.5, 0.6) is 0 Å². The summed E-state index contributed by atoms with van der Waals surface area (Å²) in [5, 5.41) is 5.62. The van der Waals surface area contributed by atoms with E-state index in [1.54, 1.807) is 48.8 Å². The Bertz CT molecular complexity index is 743. The van der Waals surface area contributed by atoms with Crippen LogP contribution in [-0.4, -0.2) is 36.1 Å². The van der Waals surface area contributed by atoms with Crippen molar-refractivity contribution in [2.45, 2.75) is 25.0 Å². The molecular formula is C19H22N4O3. The summed E-state index contributed by atoms with van der Waals surface area (Å²) in [6.07, 6.45) is 4.53. The number of anilines is 1. The predicted molar refractivity (Wildman–Crippen MR) is 97.5 cm³/mol. The number of rotatable bonds is 6. The summed E-state index contributed by atoms with van der Waals surface area (Å²) in [4.78, 5) is 28.1. The first-order valence-electron chi connectivity index (χ1n) is 8.60. The number of nitrogens with zero attached hydrogens (tertiary/aromatic N) is 1. The van der Waals surface area contributed by atoms with Crippen LogP contribution < -0.4 is 16.4 Å². The minimum Gasteiger partial charge on any atom is -0.368 e. The number of benzene rings is 1. The van der Waals surface area contributed by atoms with Gasteiger partial charge in [0.15, 0.2) is 0 Å². The van der Waals surface area contributed by atoms with Gasteiger partial charge in [-0.3, -0.25) is 14.6 Å². The molecular weight excluding hydrogens is 332 g/mol. The van der Waals surface area contributed by atoms with Gasteiger partial charge in [-0.1, -0.05) is 12.1 Å². The maximum atomic E-state index is 12.2. The zero-order valence-corrected chi connectivity index (χ0v) is 14.4. The molecule has 7 nitrogen and oxygen atoms in total. The van der Waals surface area contributed by atoms with Crippen LogP contribution in [0.4, 0.5) is 5.69 Å². The number of hydrogen-bond donors (Lipinski definition) is 3. The Kier molecular flexibility index (Phi) is 5.93. The van der Waals surface area contributed by atoms with Crippen LogP contribution in [0.1, 0.15) is 34.8 Å². The summed E-state index contributed by atoms with van der Waals surface area (Å²) in [5.41, 5.74) is 8.19. The zero-order valence-electron chi connectivity index (χ0n) is 14.4. The first-order valence-corrected chi connectivity index (χ1v) is 8.60. The van der Waals surface area contributed by atoms with Crippen molar-refractivity contribution >= 4 is 17.5 Å². The highest BCUT2D eigenvalue weighted by Crippen LogP contribution is 2.15. The number of aromatic nitrogens is 1. The van der Waals surface area contributed by atoms with Crippen LogP contribution in [0, 0.1) is 0 Å². The Labute approximate surface area is 151 Å². The number of pyridine rings is 1. The Hall–Kier alpha value is -2.77. The quantitative estimate of drug-likeness (QED) is 0.731. The molecule has 2 aromatic rings. The van der Waals surface area contributed by atoms with E-state index >= 15 is 0 Å². The normalized spacial score (nSPS) is 17.5. The first-order chi connectivity index (χ1) is 12.6. The molecule has 2 atom stereocenters. The number of ether oxygens (including phenoxy) is 1. The third kappa shape index (κ3) is 4.65. The molecule has 0 bridgehead atoms.